The van der Waals surface area contributed by atoms with E-state index in [1.165, 1.54) is 22.5 Å². The summed E-state index contributed by atoms with van der Waals surface area (Å²) in [6.45, 7) is 2.32. The smallest absolute Gasteiger partial charge is 0.252 e. The molecule has 3 heterocycles. The number of nitrogens with zero attached hydrogens (tertiary/aromatic N) is 2. The van der Waals surface area contributed by atoms with E-state index < -0.39 is 10.0 Å². The molecule has 4 rings (SSSR count). The molecule has 2 aromatic rings. The summed E-state index contributed by atoms with van der Waals surface area (Å²) in [6.07, 6.45) is 2.96. The molecule has 1 saturated heterocycles. The monoisotopic (exact) mass is 376 g/mol. The molecule has 2 aliphatic rings. The van der Waals surface area contributed by atoms with Gasteiger partial charge in [0.15, 0.2) is 0 Å². The summed E-state index contributed by atoms with van der Waals surface area (Å²) in [6, 6.07) is 12.7. The van der Waals surface area contributed by atoms with E-state index in [9.17, 15) is 8.42 Å². The van der Waals surface area contributed by atoms with Gasteiger partial charge in [0.2, 0.25) is 0 Å². The predicted molar refractivity (Wildman–Crippen MR) is 101 cm³/mol. The van der Waals surface area contributed by atoms with Crippen molar-refractivity contribution in [3.63, 3.8) is 0 Å². The zero-order valence-electron chi connectivity index (χ0n) is 14.5. The van der Waals surface area contributed by atoms with E-state index in [4.69, 9.17) is 0 Å². The second-order valence-corrected chi connectivity index (χ2v) is 10.2. The molecule has 2 aliphatic heterocycles. The van der Waals surface area contributed by atoms with Crippen molar-refractivity contribution in [1.82, 2.24) is 9.21 Å². The Balaban J connectivity index is 1.51. The molecule has 1 fully saturated rings. The van der Waals surface area contributed by atoms with E-state index in [1.807, 2.05) is 5.38 Å². The molecule has 0 spiro atoms. The predicted octanol–water partition coefficient (Wildman–Crippen LogP) is 3.38. The fourth-order valence-electron chi connectivity index (χ4n) is 4.31. The average Bonchev–Trinajstić information content (AvgIpc) is 3.17. The number of fused-ring (bicyclic) bond motifs is 1. The SMILES string of the molecule is CN1CCc2ccccc2C1C1CCN(S(=O)(=O)c2cccs2)CC1. The molecule has 1 unspecified atom stereocenters. The largest absolute Gasteiger partial charge is 0.299 e. The van der Waals surface area contributed by atoms with Crippen LogP contribution in [0.15, 0.2) is 46.0 Å². The standard InChI is InChI=1S/C19H24N2O2S2/c1-20-11-8-15-5-2-3-6-17(15)19(20)16-9-12-21(13-10-16)25(22,23)18-7-4-14-24-18/h2-7,14,16,19H,8-13H2,1H3. The van der Waals surface area contributed by atoms with Gasteiger partial charge in [0.1, 0.15) is 4.21 Å². The lowest BCUT2D eigenvalue weighted by atomic mass is 9.80. The van der Waals surface area contributed by atoms with Gasteiger partial charge in [0.05, 0.1) is 0 Å². The van der Waals surface area contributed by atoms with Crippen LogP contribution in [0.3, 0.4) is 0 Å². The number of thiophene rings is 1. The van der Waals surface area contributed by atoms with Gasteiger partial charge in [-0.25, -0.2) is 8.42 Å². The quantitative estimate of drug-likeness (QED) is 0.825. The molecule has 1 aromatic carbocycles. The molecule has 0 amide bonds. The fourth-order valence-corrected chi connectivity index (χ4v) is 6.92. The van der Waals surface area contributed by atoms with Crippen LogP contribution >= 0.6 is 11.3 Å². The van der Waals surface area contributed by atoms with E-state index in [-0.39, 0.29) is 0 Å². The minimum Gasteiger partial charge on any atom is -0.299 e. The van der Waals surface area contributed by atoms with Gasteiger partial charge in [-0.3, -0.25) is 4.90 Å². The van der Waals surface area contributed by atoms with Gasteiger partial charge < -0.3 is 0 Å². The van der Waals surface area contributed by atoms with Crippen LogP contribution in [0.5, 0.6) is 0 Å². The number of hydrogen-bond donors (Lipinski definition) is 0. The molecular weight excluding hydrogens is 352 g/mol. The molecule has 1 atom stereocenters. The van der Waals surface area contributed by atoms with Crippen molar-refractivity contribution in [2.75, 3.05) is 26.7 Å². The van der Waals surface area contributed by atoms with Crippen molar-refractivity contribution in [3.05, 3.63) is 52.9 Å². The van der Waals surface area contributed by atoms with Crippen molar-refractivity contribution in [3.8, 4) is 0 Å². The van der Waals surface area contributed by atoms with Gasteiger partial charge in [-0.2, -0.15) is 4.31 Å². The van der Waals surface area contributed by atoms with Crippen molar-refractivity contribution in [1.29, 1.82) is 0 Å². The summed E-state index contributed by atoms with van der Waals surface area (Å²) in [5, 5.41) is 1.83. The maximum Gasteiger partial charge on any atom is 0.252 e. The summed E-state index contributed by atoms with van der Waals surface area (Å²) in [5.41, 5.74) is 2.90. The Morgan fingerprint density at radius 1 is 1.04 bits per heavy atom. The highest BCUT2D eigenvalue weighted by Gasteiger charge is 2.36. The lowest BCUT2D eigenvalue weighted by Crippen LogP contribution is -2.43. The maximum absolute atomic E-state index is 12.7. The summed E-state index contributed by atoms with van der Waals surface area (Å²) in [4.78, 5) is 2.45. The fraction of sp³-hybridized carbons (Fsp3) is 0.474. The first-order chi connectivity index (χ1) is 12.1. The first-order valence-electron chi connectivity index (χ1n) is 8.89. The first kappa shape index (κ1) is 17.2. The molecule has 25 heavy (non-hydrogen) atoms. The van der Waals surface area contributed by atoms with Crippen LogP contribution in [0.2, 0.25) is 0 Å². The van der Waals surface area contributed by atoms with E-state index in [2.05, 4.69) is 36.2 Å². The molecule has 0 N–H and O–H groups in total. The number of sulfonamides is 1. The lowest BCUT2D eigenvalue weighted by molar-refractivity contribution is 0.122. The van der Waals surface area contributed by atoms with E-state index in [0.29, 0.717) is 29.3 Å². The Labute approximate surface area is 154 Å². The lowest BCUT2D eigenvalue weighted by Gasteiger charge is -2.42. The zero-order valence-corrected chi connectivity index (χ0v) is 16.1. The average molecular weight is 377 g/mol. The highest BCUT2D eigenvalue weighted by atomic mass is 32.2. The Morgan fingerprint density at radius 2 is 1.80 bits per heavy atom. The van der Waals surface area contributed by atoms with Gasteiger partial charge in [-0.15, -0.1) is 11.3 Å². The van der Waals surface area contributed by atoms with Gasteiger partial charge >= 0.3 is 0 Å². The Hall–Kier alpha value is -1.21. The first-order valence-corrected chi connectivity index (χ1v) is 11.2. The second kappa shape index (κ2) is 6.83. The van der Waals surface area contributed by atoms with Crippen LogP contribution < -0.4 is 0 Å². The second-order valence-electron chi connectivity index (χ2n) is 7.05. The highest BCUT2D eigenvalue weighted by Crippen LogP contribution is 2.40. The number of hydrogen-bond acceptors (Lipinski definition) is 4. The van der Waals surface area contributed by atoms with Crippen LogP contribution in [0.1, 0.15) is 30.0 Å². The molecule has 134 valence electrons. The molecule has 6 heteroatoms. The van der Waals surface area contributed by atoms with Crippen molar-refractivity contribution < 1.29 is 8.42 Å². The molecule has 0 aliphatic carbocycles. The number of likely N-dealkylation sites (N-methyl/N-ethyl adjacent to an activating group) is 1. The molecule has 4 nitrogen and oxygen atoms in total. The van der Waals surface area contributed by atoms with Gasteiger partial charge in [0.25, 0.3) is 10.0 Å². The normalized spacial score (nSPS) is 23.5. The van der Waals surface area contributed by atoms with Gasteiger partial charge in [0, 0.05) is 25.7 Å². The third kappa shape index (κ3) is 3.16. The van der Waals surface area contributed by atoms with Gasteiger partial charge in [-0.1, -0.05) is 30.3 Å². The van der Waals surface area contributed by atoms with E-state index in [0.717, 1.165) is 25.8 Å². The number of rotatable bonds is 3. The molecule has 0 bridgehead atoms. The van der Waals surface area contributed by atoms with Crippen molar-refractivity contribution in [2.45, 2.75) is 29.5 Å². The van der Waals surface area contributed by atoms with Gasteiger partial charge in [-0.05, 0) is 54.8 Å². The Bertz CT molecular complexity index is 825. The molecule has 1 aromatic heterocycles. The van der Waals surface area contributed by atoms with E-state index in [1.54, 1.807) is 16.4 Å². The zero-order chi connectivity index (χ0) is 17.4. The minimum absolute atomic E-state index is 0.413. The van der Waals surface area contributed by atoms with Crippen LogP contribution in [-0.4, -0.2) is 44.3 Å². The summed E-state index contributed by atoms with van der Waals surface area (Å²) in [7, 11) is -1.10. The van der Waals surface area contributed by atoms with Crippen molar-refractivity contribution in [2.24, 2.45) is 5.92 Å². The third-order valence-electron chi connectivity index (χ3n) is 5.62. The number of benzene rings is 1. The van der Waals surface area contributed by atoms with Crippen LogP contribution in [0.25, 0.3) is 0 Å². The topological polar surface area (TPSA) is 40.6 Å². The highest BCUT2D eigenvalue weighted by molar-refractivity contribution is 7.91. The summed E-state index contributed by atoms with van der Waals surface area (Å²) in [5.74, 6) is 0.515. The molecular formula is C19H24N2O2S2. The third-order valence-corrected chi connectivity index (χ3v) is 8.89. The molecule has 0 saturated carbocycles. The maximum atomic E-state index is 12.7. The Morgan fingerprint density at radius 3 is 2.52 bits per heavy atom. The summed E-state index contributed by atoms with van der Waals surface area (Å²) < 4.78 is 27.6. The van der Waals surface area contributed by atoms with Crippen LogP contribution in [0, 0.1) is 5.92 Å². The van der Waals surface area contributed by atoms with E-state index >= 15 is 0 Å². The molecule has 0 radical (unpaired) electrons. The Kier molecular flexibility index (Phi) is 4.71. The van der Waals surface area contributed by atoms with Crippen LogP contribution in [0.4, 0.5) is 0 Å². The van der Waals surface area contributed by atoms with Crippen LogP contribution in [-0.2, 0) is 16.4 Å². The number of piperidine rings is 1. The minimum atomic E-state index is -3.31. The summed E-state index contributed by atoms with van der Waals surface area (Å²) >= 11 is 1.31. The van der Waals surface area contributed by atoms with Crippen molar-refractivity contribution >= 4 is 21.4 Å².